The van der Waals surface area contributed by atoms with Crippen LogP contribution in [0.25, 0.3) is 11.3 Å². The molecule has 0 radical (unpaired) electrons. The number of halogens is 1. The highest BCUT2D eigenvalue weighted by Gasteiger charge is 2.27. The monoisotopic (exact) mass is 393 g/mol. The summed E-state index contributed by atoms with van der Waals surface area (Å²) in [5.74, 6) is 1.41. The van der Waals surface area contributed by atoms with Gasteiger partial charge in [-0.3, -0.25) is 4.79 Å². The Kier molecular flexibility index (Phi) is 5.63. The number of aryl methyl sites for hydroxylation is 1. The number of benzene rings is 2. The number of carbonyl (C=O) groups is 1. The Morgan fingerprint density at radius 1 is 1.04 bits per heavy atom. The van der Waals surface area contributed by atoms with Crippen molar-refractivity contribution in [3.05, 3.63) is 76.7 Å². The van der Waals surface area contributed by atoms with Crippen LogP contribution in [0.5, 0.6) is 0 Å². The summed E-state index contributed by atoms with van der Waals surface area (Å²) in [7, 11) is 0. The molecule has 28 heavy (non-hydrogen) atoms. The van der Waals surface area contributed by atoms with E-state index in [0.29, 0.717) is 6.54 Å². The zero-order valence-corrected chi connectivity index (χ0v) is 17.1. The molecule has 0 atom stereocenters. The Morgan fingerprint density at radius 2 is 1.79 bits per heavy atom. The first-order valence-corrected chi connectivity index (χ1v) is 10.5. The SMILES string of the molecule is CCc1ccc(C(=O)C[n+]2cc(-c3ccc(Cl)cc3)n3c2CCCCC3)cc1. The molecule has 0 fully saturated rings. The number of imidazole rings is 1. The fraction of sp³-hybridized carbons (Fsp3) is 0.333. The summed E-state index contributed by atoms with van der Waals surface area (Å²) in [6.45, 7) is 3.51. The highest BCUT2D eigenvalue weighted by molar-refractivity contribution is 6.30. The van der Waals surface area contributed by atoms with Gasteiger partial charge in [0.2, 0.25) is 5.78 Å². The maximum absolute atomic E-state index is 12.9. The third-order valence-corrected chi connectivity index (χ3v) is 5.88. The van der Waals surface area contributed by atoms with Crippen LogP contribution in [-0.4, -0.2) is 10.4 Å². The first-order valence-electron chi connectivity index (χ1n) is 10.2. The Morgan fingerprint density at radius 3 is 2.50 bits per heavy atom. The van der Waals surface area contributed by atoms with Gasteiger partial charge < -0.3 is 0 Å². The summed E-state index contributed by atoms with van der Waals surface area (Å²) >= 11 is 6.08. The first kappa shape index (κ1) is 18.9. The van der Waals surface area contributed by atoms with Gasteiger partial charge in [0.25, 0.3) is 5.82 Å². The van der Waals surface area contributed by atoms with Crippen molar-refractivity contribution in [1.29, 1.82) is 0 Å². The molecule has 1 aromatic heterocycles. The van der Waals surface area contributed by atoms with Gasteiger partial charge in [0.05, 0.1) is 6.54 Å². The van der Waals surface area contributed by atoms with E-state index >= 15 is 0 Å². The second-order valence-electron chi connectivity index (χ2n) is 7.50. The Labute approximate surface area is 171 Å². The fourth-order valence-electron chi connectivity index (χ4n) is 4.00. The standard InChI is InChI=1S/C24H26ClN2O/c1-2-18-7-9-20(10-8-18)23(28)17-26-16-22(19-11-13-21(25)14-12-19)27-15-5-3-4-6-24(26)27/h7-14,16H,2-6,15,17H2,1H3/q+1. The lowest BCUT2D eigenvalue weighted by molar-refractivity contribution is -0.690. The number of fused-ring (bicyclic) bond motifs is 1. The van der Waals surface area contributed by atoms with E-state index in [1.165, 1.54) is 36.3 Å². The smallest absolute Gasteiger partial charge is 0.257 e. The maximum atomic E-state index is 12.9. The Hall–Kier alpha value is -2.39. The van der Waals surface area contributed by atoms with E-state index in [9.17, 15) is 4.79 Å². The van der Waals surface area contributed by atoms with Crippen LogP contribution in [0.4, 0.5) is 0 Å². The van der Waals surface area contributed by atoms with Gasteiger partial charge >= 0.3 is 0 Å². The van der Waals surface area contributed by atoms with Gasteiger partial charge in [-0.25, -0.2) is 9.13 Å². The number of Topliss-reactive ketones (excluding diaryl/α,β-unsaturated/α-hetero) is 1. The fourth-order valence-corrected chi connectivity index (χ4v) is 4.13. The second-order valence-corrected chi connectivity index (χ2v) is 7.94. The Balaban J connectivity index is 1.68. The normalized spacial score (nSPS) is 13.8. The number of nitrogens with zero attached hydrogens (tertiary/aromatic N) is 2. The minimum Gasteiger partial charge on any atom is -0.290 e. The molecule has 2 heterocycles. The summed E-state index contributed by atoms with van der Waals surface area (Å²) < 4.78 is 4.55. The van der Waals surface area contributed by atoms with Crippen molar-refractivity contribution in [3.8, 4) is 11.3 Å². The molecule has 0 aliphatic carbocycles. The molecule has 3 nitrogen and oxygen atoms in total. The highest BCUT2D eigenvalue weighted by Crippen LogP contribution is 2.25. The van der Waals surface area contributed by atoms with Crippen LogP contribution in [0.2, 0.25) is 5.02 Å². The van der Waals surface area contributed by atoms with Crippen LogP contribution < -0.4 is 4.57 Å². The minimum atomic E-state index is 0.160. The number of hydrogen-bond acceptors (Lipinski definition) is 1. The van der Waals surface area contributed by atoms with Gasteiger partial charge in [-0.05, 0) is 55.5 Å². The zero-order chi connectivity index (χ0) is 19.5. The van der Waals surface area contributed by atoms with Gasteiger partial charge in [-0.15, -0.1) is 0 Å². The molecular weight excluding hydrogens is 368 g/mol. The van der Waals surface area contributed by atoms with Gasteiger partial charge in [0.1, 0.15) is 6.20 Å². The van der Waals surface area contributed by atoms with E-state index < -0.39 is 0 Å². The largest absolute Gasteiger partial charge is 0.290 e. The molecule has 1 aliphatic rings. The molecule has 4 heteroatoms. The van der Waals surface area contributed by atoms with Crippen LogP contribution >= 0.6 is 11.6 Å². The van der Waals surface area contributed by atoms with Crippen molar-refractivity contribution < 1.29 is 9.36 Å². The quantitative estimate of drug-likeness (QED) is 0.428. The van der Waals surface area contributed by atoms with Gasteiger partial charge in [-0.1, -0.05) is 42.8 Å². The predicted octanol–water partition coefficient (Wildman–Crippen LogP) is 5.27. The van der Waals surface area contributed by atoms with Crippen molar-refractivity contribution in [2.45, 2.75) is 52.1 Å². The van der Waals surface area contributed by atoms with Gasteiger partial charge in [-0.2, -0.15) is 0 Å². The lowest BCUT2D eigenvalue weighted by Crippen LogP contribution is -2.40. The molecule has 0 bridgehead atoms. The van der Waals surface area contributed by atoms with Crippen LogP contribution in [0, 0.1) is 0 Å². The molecule has 1 aliphatic heterocycles. The van der Waals surface area contributed by atoms with Crippen molar-refractivity contribution in [2.24, 2.45) is 0 Å². The van der Waals surface area contributed by atoms with E-state index in [-0.39, 0.29) is 5.78 Å². The van der Waals surface area contributed by atoms with Crippen LogP contribution in [0.3, 0.4) is 0 Å². The molecule has 0 saturated heterocycles. The lowest BCUT2D eigenvalue weighted by atomic mass is 10.1. The second kappa shape index (κ2) is 8.32. The van der Waals surface area contributed by atoms with Crippen molar-refractivity contribution in [3.63, 3.8) is 0 Å². The first-order chi connectivity index (χ1) is 13.7. The van der Waals surface area contributed by atoms with Crippen LogP contribution in [0.1, 0.15) is 47.9 Å². The van der Waals surface area contributed by atoms with Crippen molar-refractivity contribution >= 4 is 17.4 Å². The average molecular weight is 394 g/mol. The van der Waals surface area contributed by atoms with Gasteiger partial charge in [0.15, 0.2) is 12.2 Å². The van der Waals surface area contributed by atoms with E-state index in [0.717, 1.165) is 35.5 Å². The number of carbonyl (C=O) groups excluding carboxylic acids is 1. The number of aromatic nitrogens is 2. The molecule has 2 aromatic carbocycles. The summed E-state index contributed by atoms with van der Waals surface area (Å²) in [6, 6.07) is 16.0. The van der Waals surface area contributed by atoms with Crippen molar-refractivity contribution in [1.82, 2.24) is 4.57 Å². The van der Waals surface area contributed by atoms with E-state index in [2.05, 4.69) is 46.5 Å². The third-order valence-electron chi connectivity index (χ3n) is 5.63. The number of ketones is 1. The minimum absolute atomic E-state index is 0.160. The number of rotatable bonds is 5. The van der Waals surface area contributed by atoms with E-state index in [1.54, 1.807) is 0 Å². The molecule has 3 aromatic rings. The highest BCUT2D eigenvalue weighted by atomic mass is 35.5. The predicted molar refractivity (Wildman–Crippen MR) is 113 cm³/mol. The van der Waals surface area contributed by atoms with Gasteiger partial charge in [0, 0.05) is 22.6 Å². The summed E-state index contributed by atoms with van der Waals surface area (Å²) in [6.07, 6.45) is 7.71. The molecule has 0 saturated carbocycles. The molecule has 0 spiro atoms. The van der Waals surface area contributed by atoms with Crippen LogP contribution in [0.15, 0.2) is 54.7 Å². The lowest BCUT2D eigenvalue weighted by Gasteiger charge is -2.04. The third kappa shape index (κ3) is 3.90. The number of hydrogen-bond donors (Lipinski definition) is 0. The summed E-state index contributed by atoms with van der Waals surface area (Å²) in [4.78, 5) is 12.9. The zero-order valence-electron chi connectivity index (χ0n) is 16.3. The molecular formula is C24H26ClN2O+. The Bertz CT molecular complexity index is 971. The topological polar surface area (TPSA) is 25.9 Å². The van der Waals surface area contributed by atoms with E-state index in [4.69, 9.17) is 11.6 Å². The summed E-state index contributed by atoms with van der Waals surface area (Å²) in [5.41, 5.74) is 4.35. The average Bonchev–Trinajstić information content (AvgIpc) is 2.90. The molecule has 0 amide bonds. The van der Waals surface area contributed by atoms with E-state index in [1.807, 2.05) is 24.3 Å². The molecule has 0 N–H and O–H groups in total. The molecule has 144 valence electrons. The molecule has 0 unspecified atom stereocenters. The van der Waals surface area contributed by atoms with Crippen molar-refractivity contribution in [2.75, 3.05) is 0 Å². The maximum Gasteiger partial charge on any atom is 0.257 e. The summed E-state index contributed by atoms with van der Waals surface area (Å²) in [5, 5.41) is 0.741. The molecule has 4 rings (SSSR count). The van der Waals surface area contributed by atoms with Crippen LogP contribution in [-0.2, 0) is 25.9 Å².